The number of nitrogens with one attached hydrogen (secondary N) is 1. The van der Waals surface area contributed by atoms with Crippen LogP contribution in [-0.2, 0) is 5.75 Å². The molecule has 3 nitrogen and oxygen atoms in total. The molecule has 1 N–H and O–H groups in total. The SMILES string of the molecule is Cc1ccc(Nc2nc3c(c(-c4ccc(F)cc4)c2C#N)CSC/C3=C\c2ccc(F)cc2)cc1. The van der Waals surface area contributed by atoms with Crippen LogP contribution >= 0.6 is 11.8 Å². The Morgan fingerprint density at radius 2 is 1.57 bits per heavy atom. The normalized spacial score (nSPS) is 13.8. The number of fused-ring (bicyclic) bond motifs is 1. The first-order valence-corrected chi connectivity index (χ1v) is 12.3. The standard InChI is InChI=1S/C29H21F2N3S/c1-18-2-12-24(13-3-18)33-29-25(15-32)27(20-6-10-23(31)11-7-20)26-17-35-16-21(28(26)34-29)14-19-4-8-22(30)9-5-19/h2-14H,16-17H2,1H3,(H,33,34)/b21-14+. The van der Waals surface area contributed by atoms with E-state index in [-0.39, 0.29) is 11.6 Å². The van der Waals surface area contributed by atoms with E-state index in [1.165, 1.54) is 24.3 Å². The first-order valence-electron chi connectivity index (χ1n) is 11.1. The second-order valence-electron chi connectivity index (χ2n) is 8.36. The summed E-state index contributed by atoms with van der Waals surface area (Å²) >= 11 is 1.72. The second-order valence-corrected chi connectivity index (χ2v) is 9.35. The summed E-state index contributed by atoms with van der Waals surface area (Å²) in [5.74, 6) is 1.24. The summed E-state index contributed by atoms with van der Waals surface area (Å²) < 4.78 is 27.2. The highest BCUT2D eigenvalue weighted by Crippen LogP contribution is 2.42. The number of aryl methyl sites for hydroxylation is 1. The molecule has 1 aliphatic rings. The molecule has 0 bridgehead atoms. The Hall–Kier alpha value is -3.95. The van der Waals surface area contributed by atoms with Crippen molar-refractivity contribution < 1.29 is 8.78 Å². The monoisotopic (exact) mass is 481 g/mol. The predicted octanol–water partition coefficient (Wildman–Crippen LogP) is 7.74. The molecule has 0 radical (unpaired) electrons. The summed E-state index contributed by atoms with van der Waals surface area (Å²) in [5, 5.41) is 13.5. The van der Waals surface area contributed by atoms with Gasteiger partial charge in [-0.05, 0) is 71.7 Å². The van der Waals surface area contributed by atoms with Crippen LogP contribution < -0.4 is 5.32 Å². The average molecular weight is 482 g/mol. The average Bonchev–Trinajstić information content (AvgIpc) is 2.87. The van der Waals surface area contributed by atoms with E-state index >= 15 is 0 Å². The highest BCUT2D eigenvalue weighted by Gasteiger charge is 2.26. The number of pyridine rings is 1. The minimum Gasteiger partial charge on any atom is -0.339 e. The van der Waals surface area contributed by atoms with Crippen molar-refractivity contribution in [3.05, 3.63) is 112 Å². The van der Waals surface area contributed by atoms with Crippen molar-refractivity contribution in [1.82, 2.24) is 4.98 Å². The molecule has 0 atom stereocenters. The van der Waals surface area contributed by atoms with Gasteiger partial charge in [0, 0.05) is 22.8 Å². The van der Waals surface area contributed by atoms with Gasteiger partial charge in [0.05, 0.1) is 5.69 Å². The zero-order valence-electron chi connectivity index (χ0n) is 19.0. The molecule has 2 heterocycles. The Bertz CT molecular complexity index is 1450. The van der Waals surface area contributed by atoms with E-state index in [4.69, 9.17) is 4.98 Å². The molecule has 0 amide bonds. The molecule has 1 aliphatic heterocycles. The fraction of sp³-hybridized carbons (Fsp3) is 0.103. The number of rotatable bonds is 4. The van der Waals surface area contributed by atoms with Crippen LogP contribution in [0.1, 0.15) is 27.9 Å². The molecule has 4 aromatic rings. The van der Waals surface area contributed by atoms with Crippen molar-refractivity contribution in [2.75, 3.05) is 11.1 Å². The fourth-order valence-electron chi connectivity index (χ4n) is 4.14. The molecular weight excluding hydrogens is 460 g/mol. The third kappa shape index (κ3) is 4.82. The summed E-state index contributed by atoms with van der Waals surface area (Å²) in [4.78, 5) is 4.94. The van der Waals surface area contributed by atoms with Gasteiger partial charge < -0.3 is 5.32 Å². The van der Waals surface area contributed by atoms with E-state index in [9.17, 15) is 14.0 Å². The number of hydrogen-bond acceptors (Lipinski definition) is 4. The van der Waals surface area contributed by atoms with Gasteiger partial charge >= 0.3 is 0 Å². The van der Waals surface area contributed by atoms with Crippen LogP contribution in [0.5, 0.6) is 0 Å². The number of nitrogens with zero attached hydrogens (tertiary/aromatic N) is 2. The highest BCUT2D eigenvalue weighted by molar-refractivity contribution is 7.99. The van der Waals surface area contributed by atoms with Gasteiger partial charge in [0.1, 0.15) is 29.1 Å². The minimum atomic E-state index is -0.334. The Kier molecular flexibility index (Phi) is 6.35. The maximum atomic E-state index is 13.7. The molecule has 0 spiro atoms. The number of aromatic nitrogens is 1. The molecule has 35 heavy (non-hydrogen) atoms. The third-order valence-corrected chi connectivity index (χ3v) is 6.88. The first kappa shape index (κ1) is 22.8. The van der Waals surface area contributed by atoms with Gasteiger partial charge in [-0.3, -0.25) is 0 Å². The van der Waals surface area contributed by atoms with Crippen LogP contribution in [0, 0.1) is 29.9 Å². The van der Waals surface area contributed by atoms with Gasteiger partial charge in [0.25, 0.3) is 0 Å². The van der Waals surface area contributed by atoms with E-state index in [1.54, 1.807) is 36.0 Å². The van der Waals surface area contributed by atoms with Gasteiger partial charge in [-0.1, -0.05) is 42.0 Å². The highest BCUT2D eigenvalue weighted by atomic mass is 32.2. The Morgan fingerprint density at radius 3 is 2.23 bits per heavy atom. The lowest BCUT2D eigenvalue weighted by atomic mass is 9.92. The first-order chi connectivity index (χ1) is 17.0. The van der Waals surface area contributed by atoms with Crippen LogP contribution in [0.2, 0.25) is 0 Å². The number of nitriles is 1. The van der Waals surface area contributed by atoms with Crippen LogP contribution in [0.15, 0.2) is 72.8 Å². The van der Waals surface area contributed by atoms with E-state index < -0.39 is 0 Å². The summed E-state index contributed by atoms with van der Waals surface area (Å²) in [6.07, 6.45) is 2.01. The fourth-order valence-corrected chi connectivity index (χ4v) is 5.17. The molecule has 3 aromatic carbocycles. The molecule has 0 aliphatic carbocycles. The van der Waals surface area contributed by atoms with E-state index in [0.29, 0.717) is 17.1 Å². The molecule has 5 rings (SSSR count). The van der Waals surface area contributed by atoms with Crippen LogP contribution in [0.3, 0.4) is 0 Å². The lowest BCUT2D eigenvalue weighted by Gasteiger charge is -2.24. The van der Waals surface area contributed by atoms with Gasteiger partial charge in [-0.15, -0.1) is 0 Å². The smallest absolute Gasteiger partial charge is 0.149 e. The van der Waals surface area contributed by atoms with E-state index in [0.717, 1.165) is 50.5 Å². The largest absolute Gasteiger partial charge is 0.339 e. The lowest BCUT2D eigenvalue weighted by molar-refractivity contribution is 0.627. The van der Waals surface area contributed by atoms with Gasteiger partial charge in [0.2, 0.25) is 0 Å². The Morgan fingerprint density at radius 1 is 0.914 bits per heavy atom. The maximum Gasteiger partial charge on any atom is 0.149 e. The van der Waals surface area contributed by atoms with Gasteiger partial charge in [0.15, 0.2) is 0 Å². The molecule has 172 valence electrons. The molecular formula is C29H21F2N3S. The number of anilines is 2. The summed E-state index contributed by atoms with van der Waals surface area (Å²) in [6, 6.07) is 22.8. The van der Waals surface area contributed by atoms with Gasteiger partial charge in [-0.2, -0.15) is 17.0 Å². The zero-order chi connectivity index (χ0) is 24.4. The zero-order valence-corrected chi connectivity index (χ0v) is 19.8. The summed E-state index contributed by atoms with van der Waals surface area (Å²) in [6.45, 7) is 2.01. The van der Waals surface area contributed by atoms with Crippen molar-refractivity contribution in [3.63, 3.8) is 0 Å². The lowest BCUT2D eigenvalue weighted by Crippen LogP contribution is -2.11. The van der Waals surface area contributed by atoms with Crippen molar-refractivity contribution in [3.8, 4) is 17.2 Å². The van der Waals surface area contributed by atoms with Crippen molar-refractivity contribution in [1.29, 1.82) is 5.26 Å². The number of benzene rings is 3. The van der Waals surface area contributed by atoms with E-state index in [2.05, 4.69) is 11.4 Å². The Balaban J connectivity index is 1.72. The summed E-state index contributed by atoms with van der Waals surface area (Å²) in [5.41, 5.74) is 7.47. The van der Waals surface area contributed by atoms with Crippen LogP contribution in [-0.4, -0.2) is 10.7 Å². The molecule has 0 fully saturated rings. The van der Waals surface area contributed by atoms with Gasteiger partial charge in [-0.25, -0.2) is 13.8 Å². The van der Waals surface area contributed by atoms with Crippen LogP contribution in [0.4, 0.5) is 20.3 Å². The molecule has 0 saturated heterocycles. The number of halogens is 2. The van der Waals surface area contributed by atoms with Crippen molar-refractivity contribution in [2.24, 2.45) is 0 Å². The quantitative estimate of drug-likeness (QED) is 0.324. The number of thioether (sulfide) groups is 1. The topological polar surface area (TPSA) is 48.7 Å². The third-order valence-electron chi connectivity index (χ3n) is 5.88. The molecule has 6 heteroatoms. The van der Waals surface area contributed by atoms with E-state index in [1.807, 2.05) is 37.3 Å². The minimum absolute atomic E-state index is 0.287. The van der Waals surface area contributed by atoms with Crippen molar-refractivity contribution in [2.45, 2.75) is 12.7 Å². The molecule has 0 unspecified atom stereocenters. The Labute approximate surface area is 207 Å². The van der Waals surface area contributed by atoms with Crippen LogP contribution in [0.25, 0.3) is 22.8 Å². The maximum absolute atomic E-state index is 13.7. The number of hydrogen-bond donors (Lipinski definition) is 1. The molecule has 0 saturated carbocycles. The molecule has 1 aromatic heterocycles. The summed E-state index contributed by atoms with van der Waals surface area (Å²) in [7, 11) is 0. The predicted molar refractivity (Wildman–Crippen MR) is 139 cm³/mol. The van der Waals surface area contributed by atoms with Crippen molar-refractivity contribution >= 4 is 34.9 Å². The second kappa shape index (κ2) is 9.73.